The van der Waals surface area contributed by atoms with Crippen LogP contribution in [0.15, 0.2) is 85.1 Å². The van der Waals surface area contributed by atoms with Crippen LogP contribution in [0.2, 0.25) is 0 Å². The van der Waals surface area contributed by atoms with Crippen molar-refractivity contribution in [2.75, 3.05) is 20.3 Å². The Kier molecular flexibility index (Phi) is 10.4. The molecule has 1 atom stereocenters. The van der Waals surface area contributed by atoms with Gasteiger partial charge in [0.05, 0.1) is 45.9 Å². The summed E-state index contributed by atoms with van der Waals surface area (Å²) in [5, 5.41) is 11.0. The highest BCUT2D eigenvalue weighted by Crippen LogP contribution is 2.36. The van der Waals surface area contributed by atoms with Crippen molar-refractivity contribution in [2.24, 2.45) is 4.99 Å². The molecule has 0 amide bonds. The minimum Gasteiger partial charge on any atom is -0.490 e. The van der Waals surface area contributed by atoms with Gasteiger partial charge in [0.15, 0.2) is 16.3 Å². The van der Waals surface area contributed by atoms with Gasteiger partial charge in [0.2, 0.25) is 0 Å². The predicted octanol–water partition coefficient (Wildman–Crippen LogP) is 5.83. The lowest BCUT2D eigenvalue weighted by atomic mass is 9.97. The van der Waals surface area contributed by atoms with Crippen LogP contribution in [-0.4, -0.2) is 35.8 Å². The minimum absolute atomic E-state index is 0.0161. The standard InChI is InChI=1S/C32H27Br2N3O8S/c1-4-43-25-11-8-19(13-26(25)44-5-2)28-23(31(39)42-3)16-35-32-36(28)30(38)27(46-32)14-20-12-21(33)15-24(34)29(20)45-17-18-6-9-22(10-7-18)37(40)41/h6-16,28H,4-5,17H2,1-3H3/b27-14+/t28-/m1/s1. The monoisotopic (exact) mass is 771 g/mol. The summed E-state index contributed by atoms with van der Waals surface area (Å²) in [4.78, 5) is 42.4. The number of methoxy groups -OCH3 is 1. The lowest BCUT2D eigenvalue weighted by molar-refractivity contribution is -0.384. The number of ether oxygens (including phenoxy) is 4. The lowest BCUT2D eigenvalue weighted by Crippen LogP contribution is -2.39. The number of nitro groups is 1. The van der Waals surface area contributed by atoms with Gasteiger partial charge in [-0.05, 0) is 83.4 Å². The maximum Gasteiger partial charge on any atom is 0.337 e. The zero-order valence-corrected chi connectivity index (χ0v) is 28.8. The first-order valence-electron chi connectivity index (χ1n) is 14.0. The number of fused-ring (bicyclic) bond motifs is 1. The van der Waals surface area contributed by atoms with Crippen LogP contribution in [0.5, 0.6) is 17.2 Å². The number of halogens is 2. The van der Waals surface area contributed by atoms with Gasteiger partial charge in [-0.1, -0.05) is 33.3 Å². The predicted molar refractivity (Wildman–Crippen MR) is 179 cm³/mol. The van der Waals surface area contributed by atoms with E-state index in [9.17, 15) is 19.7 Å². The summed E-state index contributed by atoms with van der Waals surface area (Å²) in [6.45, 7) is 4.68. The fourth-order valence-corrected chi connectivity index (χ4v) is 7.17. The molecule has 46 heavy (non-hydrogen) atoms. The molecule has 0 N–H and O–H groups in total. The number of thiazole rings is 1. The van der Waals surface area contributed by atoms with E-state index >= 15 is 0 Å². The zero-order valence-electron chi connectivity index (χ0n) is 24.8. The number of rotatable bonds is 11. The van der Waals surface area contributed by atoms with Crippen molar-refractivity contribution < 1.29 is 28.7 Å². The molecule has 0 aliphatic carbocycles. The van der Waals surface area contributed by atoms with E-state index in [2.05, 4.69) is 36.9 Å². The third kappa shape index (κ3) is 6.93. The summed E-state index contributed by atoms with van der Waals surface area (Å²) in [6, 6.07) is 14.2. The molecule has 11 nitrogen and oxygen atoms in total. The van der Waals surface area contributed by atoms with E-state index in [4.69, 9.17) is 18.9 Å². The second kappa shape index (κ2) is 14.4. The molecule has 3 aromatic carbocycles. The first-order chi connectivity index (χ1) is 22.1. The van der Waals surface area contributed by atoms with Gasteiger partial charge in [-0.2, -0.15) is 0 Å². The second-order valence-corrected chi connectivity index (χ2v) is 12.5. The smallest absolute Gasteiger partial charge is 0.337 e. The van der Waals surface area contributed by atoms with Crippen molar-refractivity contribution in [3.8, 4) is 17.2 Å². The normalized spacial score (nSPS) is 14.2. The minimum atomic E-state index is -0.840. The van der Waals surface area contributed by atoms with E-state index in [-0.39, 0.29) is 23.4 Å². The van der Waals surface area contributed by atoms with E-state index in [1.807, 2.05) is 26.0 Å². The van der Waals surface area contributed by atoms with Crippen LogP contribution in [0, 0.1) is 10.1 Å². The van der Waals surface area contributed by atoms with E-state index < -0.39 is 16.9 Å². The molecule has 0 bridgehead atoms. The lowest BCUT2D eigenvalue weighted by Gasteiger charge is -2.23. The van der Waals surface area contributed by atoms with Gasteiger partial charge in [-0.15, -0.1) is 0 Å². The molecule has 0 saturated carbocycles. The Hall–Kier alpha value is -4.27. The van der Waals surface area contributed by atoms with Crippen LogP contribution >= 0.6 is 43.2 Å². The quantitative estimate of drug-likeness (QED) is 0.106. The molecule has 0 radical (unpaired) electrons. The van der Waals surface area contributed by atoms with Crippen molar-refractivity contribution in [3.05, 3.63) is 122 Å². The average Bonchev–Trinajstić information content (AvgIpc) is 3.35. The maximum atomic E-state index is 14.1. The van der Waals surface area contributed by atoms with Crippen LogP contribution in [0.1, 0.15) is 36.6 Å². The van der Waals surface area contributed by atoms with E-state index in [0.29, 0.717) is 55.4 Å². The summed E-state index contributed by atoms with van der Waals surface area (Å²) in [5.41, 5.74) is 1.73. The Morgan fingerprint density at radius 1 is 1.04 bits per heavy atom. The Balaban J connectivity index is 1.60. The van der Waals surface area contributed by atoms with Gasteiger partial charge in [-0.25, -0.2) is 9.79 Å². The summed E-state index contributed by atoms with van der Waals surface area (Å²) in [5.74, 6) is 0.879. The third-order valence-corrected chi connectivity index (χ3v) is 8.91. The summed E-state index contributed by atoms with van der Waals surface area (Å²) in [7, 11) is 1.28. The Bertz CT molecular complexity index is 2020. The molecule has 0 fully saturated rings. The summed E-state index contributed by atoms with van der Waals surface area (Å²) >= 11 is 8.23. The highest BCUT2D eigenvalue weighted by molar-refractivity contribution is 9.11. The Morgan fingerprint density at radius 2 is 1.76 bits per heavy atom. The topological polar surface area (TPSA) is 131 Å². The highest BCUT2D eigenvalue weighted by Gasteiger charge is 2.31. The van der Waals surface area contributed by atoms with Crippen molar-refractivity contribution >= 4 is 60.9 Å². The SMILES string of the molecule is CCOc1ccc([C@@H]2C(C(=O)OC)=CN=c3s/c(=C/c4cc(Br)cc(Br)c4OCc4ccc([N+](=O)[O-])cc4)c(=O)n32)cc1OCC. The molecule has 4 aromatic rings. The van der Waals surface area contributed by atoms with Crippen molar-refractivity contribution in [1.82, 2.24) is 4.57 Å². The van der Waals surface area contributed by atoms with Crippen LogP contribution in [0.25, 0.3) is 6.08 Å². The van der Waals surface area contributed by atoms with Gasteiger partial charge >= 0.3 is 5.97 Å². The molecule has 0 saturated heterocycles. The molecular weight excluding hydrogens is 746 g/mol. The Labute approximate surface area is 283 Å². The van der Waals surface area contributed by atoms with Crippen molar-refractivity contribution in [2.45, 2.75) is 26.5 Å². The number of hydrogen-bond acceptors (Lipinski definition) is 10. The summed E-state index contributed by atoms with van der Waals surface area (Å²) < 4.78 is 25.9. The van der Waals surface area contributed by atoms with Gasteiger partial charge < -0.3 is 18.9 Å². The van der Waals surface area contributed by atoms with Crippen molar-refractivity contribution in [3.63, 3.8) is 0 Å². The van der Waals surface area contributed by atoms with E-state index in [1.165, 1.54) is 41.3 Å². The number of non-ortho nitro benzene ring substituents is 1. The second-order valence-electron chi connectivity index (χ2n) is 9.77. The molecule has 14 heteroatoms. The number of esters is 1. The molecule has 1 aliphatic heterocycles. The zero-order chi connectivity index (χ0) is 33.0. The Morgan fingerprint density at radius 3 is 2.43 bits per heavy atom. The number of benzene rings is 3. The fraction of sp³-hybridized carbons (Fsp3) is 0.219. The maximum absolute atomic E-state index is 14.1. The van der Waals surface area contributed by atoms with Crippen molar-refractivity contribution in [1.29, 1.82) is 0 Å². The first kappa shape index (κ1) is 33.1. The van der Waals surface area contributed by atoms with E-state index in [0.717, 1.165) is 10.0 Å². The fourth-order valence-electron chi connectivity index (χ4n) is 4.84. The molecule has 1 aliphatic rings. The molecule has 1 aromatic heterocycles. The number of nitro benzene ring substituents is 1. The van der Waals surface area contributed by atoms with Crippen LogP contribution in [-0.2, 0) is 16.1 Å². The number of nitrogens with zero attached hydrogens (tertiary/aromatic N) is 3. The number of carbonyl (C=O) groups is 1. The summed E-state index contributed by atoms with van der Waals surface area (Å²) in [6.07, 6.45) is 3.13. The largest absolute Gasteiger partial charge is 0.490 e. The van der Waals surface area contributed by atoms with Gasteiger partial charge in [0, 0.05) is 28.4 Å². The van der Waals surface area contributed by atoms with Gasteiger partial charge in [-0.3, -0.25) is 19.5 Å². The third-order valence-electron chi connectivity index (χ3n) is 6.86. The number of hydrogen-bond donors (Lipinski definition) is 0. The highest BCUT2D eigenvalue weighted by atomic mass is 79.9. The first-order valence-corrected chi connectivity index (χ1v) is 16.4. The van der Waals surface area contributed by atoms with Crippen LogP contribution < -0.4 is 29.1 Å². The van der Waals surface area contributed by atoms with E-state index in [1.54, 1.807) is 36.4 Å². The van der Waals surface area contributed by atoms with Gasteiger partial charge in [0.25, 0.3) is 11.2 Å². The van der Waals surface area contributed by atoms with Crippen LogP contribution in [0.3, 0.4) is 0 Å². The molecular formula is C32H27Br2N3O8S. The van der Waals surface area contributed by atoms with Gasteiger partial charge in [0.1, 0.15) is 12.4 Å². The average molecular weight is 773 g/mol. The molecule has 238 valence electrons. The number of aromatic nitrogens is 1. The van der Waals surface area contributed by atoms with Crippen LogP contribution in [0.4, 0.5) is 5.69 Å². The molecule has 0 unspecified atom stereocenters. The molecule has 5 rings (SSSR count). The molecule has 2 heterocycles. The number of carbonyl (C=O) groups excluding carboxylic acids is 1. The molecule has 0 spiro atoms.